The van der Waals surface area contributed by atoms with Gasteiger partial charge in [0.15, 0.2) is 0 Å². The van der Waals surface area contributed by atoms with Crippen molar-refractivity contribution in [3.8, 4) is 0 Å². The summed E-state index contributed by atoms with van der Waals surface area (Å²) >= 11 is 0. The van der Waals surface area contributed by atoms with E-state index in [0.717, 1.165) is 18.3 Å². The monoisotopic (exact) mass is 259 g/mol. The first-order valence-electron chi connectivity index (χ1n) is 7.68. The summed E-state index contributed by atoms with van der Waals surface area (Å²) in [5, 5.41) is 0. The Kier molecular flexibility index (Phi) is 3.85. The van der Waals surface area contributed by atoms with E-state index >= 15 is 0 Å². The van der Waals surface area contributed by atoms with Gasteiger partial charge in [-0.05, 0) is 63.2 Å². The molecule has 1 aromatic heterocycles. The first-order chi connectivity index (χ1) is 9.29. The third kappa shape index (κ3) is 2.82. The predicted octanol–water partition coefficient (Wildman–Crippen LogP) is 2.65. The lowest BCUT2D eigenvalue weighted by atomic mass is 9.90. The third-order valence-corrected chi connectivity index (χ3v) is 4.64. The molecule has 1 saturated carbocycles. The van der Waals surface area contributed by atoms with Crippen LogP contribution in [0, 0.1) is 12.8 Å². The van der Waals surface area contributed by atoms with Crippen LogP contribution >= 0.6 is 0 Å². The molecular formula is C16H25N3. The highest BCUT2D eigenvalue weighted by atomic mass is 15.2. The number of nitrogens with two attached hydrogens (primary N) is 1. The number of hydrogen-bond acceptors (Lipinski definition) is 3. The molecule has 19 heavy (non-hydrogen) atoms. The van der Waals surface area contributed by atoms with Crippen LogP contribution in [-0.4, -0.2) is 29.0 Å². The van der Waals surface area contributed by atoms with Crippen LogP contribution in [0.15, 0.2) is 18.3 Å². The summed E-state index contributed by atoms with van der Waals surface area (Å²) in [6.07, 6.45) is 8.71. The lowest BCUT2D eigenvalue weighted by molar-refractivity contribution is 0.149. The summed E-state index contributed by atoms with van der Waals surface area (Å²) in [5.41, 5.74) is 8.53. The molecule has 0 bridgehead atoms. The van der Waals surface area contributed by atoms with Crippen molar-refractivity contribution < 1.29 is 0 Å². The molecule has 2 fully saturated rings. The van der Waals surface area contributed by atoms with E-state index in [0.29, 0.717) is 12.0 Å². The zero-order valence-electron chi connectivity index (χ0n) is 11.9. The number of aromatic nitrogens is 1. The van der Waals surface area contributed by atoms with Crippen LogP contribution < -0.4 is 5.73 Å². The van der Waals surface area contributed by atoms with Gasteiger partial charge < -0.3 is 5.73 Å². The van der Waals surface area contributed by atoms with Crippen molar-refractivity contribution in [3.05, 3.63) is 29.6 Å². The molecule has 1 aliphatic heterocycles. The van der Waals surface area contributed by atoms with Crippen molar-refractivity contribution in [1.82, 2.24) is 9.88 Å². The van der Waals surface area contributed by atoms with Crippen molar-refractivity contribution in [2.24, 2.45) is 11.7 Å². The third-order valence-electron chi connectivity index (χ3n) is 4.64. The Bertz CT molecular complexity index is 411. The molecule has 0 amide bonds. The molecule has 104 valence electrons. The summed E-state index contributed by atoms with van der Waals surface area (Å²) in [5.74, 6) is 0.590. The Morgan fingerprint density at radius 1 is 1.26 bits per heavy atom. The van der Waals surface area contributed by atoms with Gasteiger partial charge in [0.1, 0.15) is 0 Å². The van der Waals surface area contributed by atoms with Crippen LogP contribution in [0.1, 0.15) is 49.4 Å². The molecule has 3 nitrogen and oxygen atoms in total. The van der Waals surface area contributed by atoms with Crippen LogP contribution in [-0.2, 0) is 0 Å². The van der Waals surface area contributed by atoms with Gasteiger partial charge in [0.05, 0.1) is 0 Å². The highest BCUT2D eigenvalue weighted by molar-refractivity contribution is 5.19. The summed E-state index contributed by atoms with van der Waals surface area (Å²) in [4.78, 5) is 7.22. The van der Waals surface area contributed by atoms with E-state index in [1.807, 2.05) is 0 Å². The van der Waals surface area contributed by atoms with Crippen LogP contribution in [0.5, 0.6) is 0 Å². The molecular weight excluding hydrogens is 234 g/mol. The second kappa shape index (κ2) is 5.59. The minimum absolute atomic E-state index is 0.494. The van der Waals surface area contributed by atoms with Crippen LogP contribution in [0.25, 0.3) is 0 Å². The molecule has 1 aromatic rings. The standard InChI is InChI=1S/C16H25N3/c1-12-5-6-14(11-18-12)16-13(10-17)4-2-3-9-19(16)15-7-8-15/h5-6,11,13,15-16H,2-4,7-10,17H2,1H3. The maximum absolute atomic E-state index is 6.07. The Hall–Kier alpha value is -0.930. The van der Waals surface area contributed by atoms with Crippen molar-refractivity contribution in [2.75, 3.05) is 13.1 Å². The molecule has 0 radical (unpaired) electrons. The van der Waals surface area contributed by atoms with Gasteiger partial charge in [0.2, 0.25) is 0 Å². The average molecular weight is 259 g/mol. The highest BCUT2D eigenvalue weighted by Gasteiger charge is 2.38. The van der Waals surface area contributed by atoms with Crippen molar-refractivity contribution in [2.45, 2.75) is 51.1 Å². The van der Waals surface area contributed by atoms with Crippen LogP contribution in [0.3, 0.4) is 0 Å². The fourth-order valence-electron chi connectivity index (χ4n) is 3.45. The Morgan fingerprint density at radius 3 is 2.74 bits per heavy atom. The largest absolute Gasteiger partial charge is 0.330 e. The predicted molar refractivity (Wildman–Crippen MR) is 77.8 cm³/mol. The minimum atomic E-state index is 0.494. The van der Waals surface area contributed by atoms with E-state index in [-0.39, 0.29) is 0 Å². The van der Waals surface area contributed by atoms with E-state index in [1.165, 1.54) is 44.2 Å². The summed E-state index contributed by atoms with van der Waals surface area (Å²) in [6, 6.07) is 5.70. The topological polar surface area (TPSA) is 42.1 Å². The van der Waals surface area contributed by atoms with Gasteiger partial charge in [-0.3, -0.25) is 9.88 Å². The lowest BCUT2D eigenvalue weighted by Crippen LogP contribution is -2.37. The molecule has 3 heteroatoms. The van der Waals surface area contributed by atoms with E-state index in [4.69, 9.17) is 5.73 Å². The molecule has 3 rings (SSSR count). The number of aryl methyl sites for hydroxylation is 1. The van der Waals surface area contributed by atoms with Gasteiger partial charge in [-0.15, -0.1) is 0 Å². The molecule has 0 aromatic carbocycles. The molecule has 2 heterocycles. The molecule has 2 N–H and O–H groups in total. The summed E-state index contributed by atoms with van der Waals surface area (Å²) in [6.45, 7) is 4.08. The maximum Gasteiger partial charge on any atom is 0.0406 e. The summed E-state index contributed by atoms with van der Waals surface area (Å²) < 4.78 is 0. The zero-order valence-corrected chi connectivity index (χ0v) is 11.9. The number of nitrogens with zero attached hydrogens (tertiary/aromatic N) is 2. The normalized spacial score (nSPS) is 29.2. The first-order valence-corrected chi connectivity index (χ1v) is 7.68. The van der Waals surface area contributed by atoms with E-state index in [2.05, 4.69) is 35.1 Å². The Labute approximate surface area is 116 Å². The number of pyridine rings is 1. The molecule has 1 aliphatic carbocycles. The second-order valence-corrected chi connectivity index (χ2v) is 6.14. The fraction of sp³-hybridized carbons (Fsp3) is 0.688. The van der Waals surface area contributed by atoms with Crippen LogP contribution in [0.2, 0.25) is 0 Å². The van der Waals surface area contributed by atoms with E-state index in [9.17, 15) is 0 Å². The van der Waals surface area contributed by atoms with Gasteiger partial charge in [-0.2, -0.15) is 0 Å². The molecule has 0 spiro atoms. The lowest BCUT2D eigenvalue weighted by Gasteiger charge is -2.35. The molecule has 2 aliphatic rings. The fourth-order valence-corrected chi connectivity index (χ4v) is 3.45. The van der Waals surface area contributed by atoms with Crippen molar-refractivity contribution in [3.63, 3.8) is 0 Å². The maximum atomic E-state index is 6.07. The van der Waals surface area contributed by atoms with Gasteiger partial charge in [0.25, 0.3) is 0 Å². The number of likely N-dealkylation sites (tertiary alicyclic amines) is 1. The van der Waals surface area contributed by atoms with Crippen LogP contribution in [0.4, 0.5) is 0 Å². The SMILES string of the molecule is Cc1ccc(C2C(CN)CCCCN2C2CC2)cn1. The van der Waals surface area contributed by atoms with Crippen molar-refractivity contribution in [1.29, 1.82) is 0 Å². The smallest absolute Gasteiger partial charge is 0.0406 e. The van der Waals surface area contributed by atoms with Crippen molar-refractivity contribution >= 4 is 0 Å². The minimum Gasteiger partial charge on any atom is -0.330 e. The van der Waals surface area contributed by atoms with Gasteiger partial charge in [-0.1, -0.05) is 12.5 Å². The Morgan fingerprint density at radius 2 is 2.11 bits per heavy atom. The zero-order chi connectivity index (χ0) is 13.2. The Balaban J connectivity index is 1.91. The van der Waals surface area contributed by atoms with Gasteiger partial charge >= 0.3 is 0 Å². The average Bonchev–Trinajstić information content (AvgIpc) is 3.25. The molecule has 1 saturated heterocycles. The quantitative estimate of drug-likeness (QED) is 0.907. The van der Waals surface area contributed by atoms with E-state index in [1.54, 1.807) is 0 Å². The molecule has 2 atom stereocenters. The first kappa shape index (κ1) is 13.1. The summed E-state index contributed by atoms with van der Waals surface area (Å²) in [7, 11) is 0. The number of rotatable bonds is 3. The second-order valence-electron chi connectivity index (χ2n) is 6.14. The number of hydrogen-bond donors (Lipinski definition) is 1. The van der Waals surface area contributed by atoms with Gasteiger partial charge in [-0.25, -0.2) is 0 Å². The molecule has 2 unspecified atom stereocenters. The van der Waals surface area contributed by atoms with Gasteiger partial charge in [0, 0.05) is 24.0 Å². The highest BCUT2D eigenvalue weighted by Crippen LogP contribution is 2.41. The van der Waals surface area contributed by atoms with E-state index < -0.39 is 0 Å².